The lowest BCUT2D eigenvalue weighted by molar-refractivity contribution is -0.137. The van der Waals surface area contributed by atoms with Crippen LogP contribution in [0, 0.1) is 11.8 Å². The van der Waals surface area contributed by atoms with Gasteiger partial charge in [0.25, 0.3) is 0 Å². The molecule has 3 heteroatoms. The Bertz CT molecular complexity index is 795. The predicted molar refractivity (Wildman–Crippen MR) is 90.1 cm³/mol. The van der Waals surface area contributed by atoms with Crippen molar-refractivity contribution in [2.45, 2.75) is 19.0 Å². The Morgan fingerprint density at radius 2 is 1.17 bits per heavy atom. The average Bonchev–Trinajstić information content (AvgIpc) is 2.62. The first-order valence-electron chi connectivity index (χ1n) is 8.19. The lowest BCUT2D eigenvalue weighted by Crippen LogP contribution is -2.20. The first-order chi connectivity index (χ1) is 11.5. The molecule has 0 aliphatic heterocycles. The molecular formula is C21H17F3. The van der Waals surface area contributed by atoms with E-state index in [2.05, 4.69) is 24.3 Å². The van der Waals surface area contributed by atoms with Crippen molar-refractivity contribution in [1.82, 2.24) is 0 Å². The average molecular weight is 326 g/mol. The van der Waals surface area contributed by atoms with Gasteiger partial charge in [-0.05, 0) is 47.2 Å². The van der Waals surface area contributed by atoms with Gasteiger partial charge in [-0.3, -0.25) is 0 Å². The third kappa shape index (κ3) is 2.68. The van der Waals surface area contributed by atoms with Crippen LogP contribution in [0.3, 0.4) is 0 Å². The van der Waals surface area contributed by atoms with Crippen LogP contribution in [0.15, 0.2) is 66.7 Å². The van der Waals surface area contributed by atoms with Crippen LogP contribution in [0.4, 0.5) is 13.2 Å². The minimum absolute atomic E-state index is 0.293. The molecule has 24 heavy (non-hydrogen) atoms. The van der Waals surface area contributed by atoms with Gasteiger partial charge in [0.1, 0.15) is 0 Å². The Kier molecular flexibility index (Phi) is 3.60. The lowest BCUT2D eigenvalue weighted by atomic mass is 9.69. The van der Waals surface area contributed by atoms with E-state index in [9.17, 15) is 13.2 Å². The summed E-state index contributed by atoms with van der Waals surface area (Å²) in [6, 6.07) is 15.9. The lowest BCUT2D eigenvalue weighted by Gasteiger charge is -2.35. The summed E-state index contributed by atoms with van der Waals surface area (Å²) in [5.41, 5.74) is 4.08. The monoisotopic (exact) mass is 326 g/mol. The van der Waals surface area contributed by atoms with E-state index in [4.69, 9.17) is 0 Å². The molecule has 5 rings (SSSR count). The van der Waals surface area contributed by atoms with Gasteiger partial charge in [-0.25, -0.2) is 0 Å². The van der Waals surface area contributed by atoms with Gasteiger partial charge >= 0.3 is 6.18 Å². The van der Waals surface area contributed by atoms with Crippen molar-refractivity contribution in [1.29, 1.82) is 0 Å². The zero-order valence-corrected chi connectivity index (χ0v) is 13.1. The van der Waals surface area contributed by atoms with E-state index in [0.717, 1.165) is 18.4 Å². The summed E-state index contributed by atoms with van der Waals surface area (Å²) in [5, 5.41) is 0. The molecule has 0 spiro atoms. The number of hydrogen-bond donors (Lipinski definition) is 0. The van der Waals surface area contributed by atoms with Crippen molar-refractivity contribution < 1.29 is 13.2 Å². The van der Waals surface area contributed by atoms with Crippen LogP contribution in [-0.2, 0) is 6.18 Å². The Labute approximate surface area is 139 Å². The number of hydrogen-bond acceptors (Lipinski definition) is 0. The molecule has 0 amide bonds. The molecule has 2 atom stereocenters. The number of halogens is 3. The van der Waals surface area contributed by atoms with Crippen molar-refractivity contribution in [2.75, 3.05) is 0 Å². The van der Waals surface area contributed by atoms with E-state index in [1.54, 1.807) is 12.1 Å². The smallest absolute Gasteiger partial charge is 0.166 e. The van der Waals surface area contributed by atoms with Gasteiger partial charge in [-0.1, -0.05) is 54.6 Å². The predicted octanol–water partition coefficient (Wildman–Crippen LogP) is 6.21. The zero-order valence-electron chi connectivity index (χ0n) is 13.1. The second-order valence-electron chi connectivity index (χ2n) is 6.48. The van der Waals surface area contributed by atoms with E-state index < -0.39 is 11.7 Å². The topological polar surface area (TPSA) is 0 Å². The molecule has 2 unspecified atom stereocenters. The Morgan fingerprint density at radius 1 is 0.667 bits per heavy atom. The van der Waals surface area contributed by atoms with Gasteiger partial charge in [0, 0.05) is 11.8 Å². The molecule has 0 heterocycles. The number of fused-ring (bicyclic) bond motifs is 1. The molecule has 3 aliphatic rings. The van der Waals surface area contributed by atoms with E-state index in [1.807, 2.05) is 18.2 Å². The van der Waals surface area contributed by atoms with Crippen LogP contribution in [0.1, 0.15) is 29.5 Å². The van der Waals surface area contributed by atoms with Crippen LogP contribution >= 0.6 is 0 Å². The van der Waals surface area contributed by atoms with Crippen molar-refractivity contribution in [3.8, 4) is 0 Å². The van der Waals surface area contributed by atoms with E-state index in [0.29, 0.717) is 11.8 Å². The zero-order chi connectivity index (χ0) is 16.7. The number of alkyl halides is 3. The first kappa shape index (κ1) is 15.3. The van der Waals surface area contributed by atoms with E-state index >= 15 is 0 Å². The summed E-state index contributed by atoms with van der Waals surface area (Å²) in [4.78, 5) is 0. The Morgan fingerprint density at radius 3 is 1.62 bits per heavy atom. The Balaban J connectivity index is 1.64. The van der Waals surface area contributed by atoms with Crippen molar-refractivity contribution in [3.63, 3.8) is 0 Å². The quantitative estimate of drug-likeness (QED) is 0.615. The molecule has 0 aromatic heterocycles. The van der Waals surface area contributed by atoms with Crippen molar-refractivity contribution in [3.05, 3.63) is 83.4 Å². The summed E-state index contributed by atoms with van der Waals surface area (Å²) in [6.45, 7) is 0. The standard InChI is InChI=1S/C21H17F3/c22-21(23,24)18-10-8-15(9-11-18)20-13-16-6-7-17(20)12-19(16)14-4-2-1-3-5-14/h1-5,8-13,16-17H,6-7H2. The van der Waals surface area contributed by atoms with Gasteiger partial charge in [0.05, 0.1) is 5.56 Å². The SMILES string of the molecule is FC(F)(F)c1ccc(C2=CC3CCC2C=C3c2ccccc2)cc1. The molecule has 3 aliphatic carbocycles. The highest BCUT2D eigenvalue weighted by molar-refractivity contribution is 5.82. The highest BCUT2D eigenvalue weighted by atomic mass is 19.4. The highest BCUT2D eigenvalue weighted by Gasteiger charge is 2.33. The molecular weight excluding hydrogens is 309 g/mol. The minimum atomic E-state index is -4.28. The van der Waals surface area contributed by atoms with E-state index in [1.165, 1.54) is 28.8 Å². The maximum Gasteiger partial charge on any atom is 0.416 e. The summed E-state index contributed by atoms with van der Waals surface area (Å²) >= 11 is 0. The molecule has 0 saturated heterocycles. The molecule has 122 valence electrons. The summed E-state index contributed by atoms with van der Waals surface area (Å²) < 4.78 is 38.2. The number of rotatable bonds is 2. The molecule has 2 aromatic rings. The van der Waals surface area contributed by atoms with Crippen LogP contribution in [0.5, 0.6) is 0 Å². The molecule has 0 saturated carbocycles. The second-order valence-corrected chi connectivity index (χ2v) is 6.48. The maximum atomic E-state index is 12.7. The molecule has 0 fully saturated rings. The molecule has 0 N–H and O–H groups in total. The first-order valence-corrected chi connectivity index (χ1v) is 8.19. The van der Waals surface area contributed by atoms with Gasteiger partial charge in [-0.2, -0.15) is 13.2 Å². The van der Waals surface area contributed by atoms with Gasteiger partial charge in [-0.15, -0.1) is 0 Å². The molecule has 2 aromatic carbocycles. The van der Waals surface area contributed by atoms with Gasteiger partial charge in [0.2, 0.25) is 0 Å². The molecule has 0 nitrogen and oxygen atoms in total. The third-order valence-corrected chi connectivity index (χ3v) is 5.00. The molecule has 0 radical (unpaired) electrons. The summed E-state index contributed by atoms with van der Waals surface area (Å²) in [6.07, 6.45) is 2.44. The fraction of sp³-hybridized carbons (Fsp3) is 0.238. The Hall–Kier alpha value is -2.29. The van der Waals surface area contributed by atoms with E-state index in [-0.39, 0.29) is 0 Å². The molecule has 2 bridgehead atoms. The van der Waals surface area contributed by atoms with Crippen LogP contribution in [0.2, 0.25) is 0 Å². The van der Waals surface area contributed by atoms with Crippen LogP contribution in [-0.4, -0.2) is 0 Å². The van der Waals surface area contributed by atoms with Crippen molar-refractivity contribution >= 4 is 11.1 Å². The van der Waals surface area contributed by atoms with Crippen LogP contribution in [0.25, 0.3) is 11.1 Å². The maximum absolute atomic E-state index is 12.7. The van der Waals surface area contributed by atoms with Gasteiger partial charge in [0.15, 0.2) is 0 Å². The number of allylic oxidation sites excluding steroid dienone is 4. The highest BCUT2D eigenvalue weighted by Crippen LogP contribution is 2.47. The summed E-state index contributed by atoms with van der Waals surface area (Å²) in [5.74, 6) is 0.650. The van der Waals surface area contributed by atoms with Crippen molar-refractivity contribution in [2.24, 2.45) is 11.8 Å². The normalized spacial score (nSPS) is 23.0. The minimum Gasteiger partial charge on any atom is -0.166 e. The third-order valence-electron chi connectivity index (χ3n) is 5.00. The second kappa shape index (κ2) is 5.66. The summed E-state index contributed by atoms with van der Waals surface area (Å²) in [7, 11) is 0. The number of benzene rings is 2. The fourth-order valence-electron chi connectivity index (χ4n) is 3.80. The van der Waals surface area contributed by atoms with Crippen LogP contribution < -0.4 is 0 Å². The fourth-order valence-corrected chi connectivity index (χ4v) is 3.80. The largest absolute Gasteiger partial charge is 0.416 e. The van der Waals surface area contributed by atoms with Gasteiger partial charge < -0.3 is 0 Å².